The summed E-state index contributed by atoms with van der Waals surface area (Å²) in [7, 11) is 0. The van der Waals surface area contributed by atoms with Crippen LogP contribution in [0.1, 0.15) is 45.4 Å². The lowest BCUT2D eigenvalue weighted by molar-refractivity contribution is -0.141. The van der Waals surface area contributed by atoms with Crippen LogP contribution in [0, 0.1) is 11.8 Å². The number of likely N-dealkylation sites (tertiary alicyclic amines) is 1. The molecule has 5 nitrogen and oxygen atoms in total. The summed E-state index contributed by atoms with van der Waals surface area (Å²) in [5, 5.41) is 12.0. The lowest BCUT2D eigenvalue weighted by Gasteiger charge is -2.28. The molecule has 1 aliphatic carbocycles. The van der Waals surface area contributed by atoms with Gasteiger partial charge in [-0.1, -0.05) is 19.8 Å². The number of rotatable bonds is 3. The average molecular weight is 268 g/mol. The van der Waals surface area contributed by atoms with Crippen LogP contribution in [-0.4, -0.2) is 41.1 Å². The van der Waals surface area contributed by atoms with Crippen LogP contribution in [0.2, 0.25) is 0 Å². The first-order valence-electron chi connectivity index (χ1n) is 7.35. The molecule has 1 saturated heterocycles. The highest BCUT2D eigenvalue weighted by molar-refractivity contribution is 5.83. The Morgan fingerprint density at radius 1 is 1.21 bits per heavy atom. The molecule has 1 saturated carbocycles. The maximum Gasteiger partial charge on any atom is 0.326 e. The van der Waals surface area contributed by atoms with Gasteiger partial charge in [0, 0.05) is 13.1 Å². The zero-order valence-electron chi connectivity index (χ0n) is 11.6. The van der Waals surface area contributed by atoms with Gasteiger partial charge in [-0.2, -0.15) is 0 Å². The molecule has 5 heteroatoms. The van der Waals surface area contributed by atoms with E-state index in [2.05, 4.69) is 12.2 Å². The number of carbonyl (C=O) groups excluding carboxylic acids is 1. The quantitative estimate of drug-likeness (QED) is 0.823. The molecule has 1 atom stereocenters. The second-order valence-corrected chi connectivity index (χ2v) is 6.00. The maximum atomic E-state index is 12.0. The molecule has 19 heavy (non-hydrogen) atoms. The largest absolute Gasteiger partial charge is 0.480 e. The third kappa shape index (κ3) is 3.61. The molecule has 1 heterocycles. The van der Waals surface area contributed by atoms with Gasteiger partial charge in [-0.3, -0.25) is 0 Å². The lowest BCUT2D eigenvalue weighted by Crippen LogP contribution is -2.47. The lowest BCUT2D eigenvalue weighted by atomic mass is 9.83. The molecule has 2 fully saturated rings. The molecule has 2 amide bonds. The molecule has 2 N–H and O–H groups in total. The molecule has 0 aromatic carbocycles. The molecule has 2 rings (SSSR count). The minimum absolute atomic E-state index is 0.205. The molecule has 0 aromatic heterocycles. The summed E-state index contributed by atoms with van der Waals surface area (Å²) in [4.78, 5) is 24.5. The fourth-order valence-electron chi connectivity index (χ4n) is 3.13. The Kier molecular flexibility index (Phi) is 4.66. The molecule has 0 unspecified atom stereocenters. The van der Waals surface area contributed by atoms with Gasteiger partial charge >= 0.3 is 12.0 Å². The van der Waals surface area contributed by atoms with Gasteiger partial charge < -0.3 is 15.3 Å². The van der Waals surface area contributed by atoms with Crippen molar-refractivity contribution in [3.05, 3.63) is 0 Å². The fraction of sp³-hybridized carbons (Fsp3) is 0.857. The van der Waals surface area contributed by atoms with Crippen molar-refractivity contribution in [3.63, 3.8) is 0 Å². The van der Waals surface area contributed by atoms with Crippen LogP contribution in [0.4, 0.5) is 4.79 Å². The number of nitrogens with zero attached hydrogens (tertiary/aromatic N) is 1. The molecular weight excluding hydrogens is 244 g/mol. The van der Waals surface area contributed by atoms with E-state index in [0.29, 0.717) is 25.4 Å². The van der Waals surface area contributed by atoms with Crippen molar-refractivity contribution in [1.29, 1.82) is 0 Å². The Morgan fingerprint density at radius 2 is 1.89 bits per heavy atom. The standard InChI is InChI=1S/C14H24N2O3/c1-10-4-6-11(7-5-10)9-15-14(19)16-8-2-3-12(16)13(17)18/h10-12H,2-9H2,1H3,(H,15,19)(H,17,18)/t10?,11?,12-/m0/s1. The van der Waals surface area contributed by atoms with E-state index >= 15 is 0 Å². The van der Waals surface area contributed by atoms with Crippen LogP contribution in [-0.2, 0) is 4.79 Å². The number of carboxylic acid groups (broad SMARTS) is 1. The van der Waals surface area contributed by atoms with Crippen LogP contribution >= 0.6 is 0 Å². The van der Waals surface area contributed by atoms with E-state index < -0.39 is 12.0 Å². The summed E-state index contributed by atoms with van der Waals surface area (Å²) in [5.41, 5.74) is 0. The van der Waals surface area contributed by atoms with Crippen molar-refractivity contribution in [2.24, 2.45) is 11.8 Å². The molecule has 0 radical (unpaired) electrons. The van der Waals surface area contributed by atoms with Crippen LogP contribution in [0.25, 0.3) is 0 Å². The molecule has 0 aromatic rings. The topological polar surface area (TPSA) is 69.6 Å². The van der Waals surface area contributed by atoms with E-state index in [1.165, 1.54) is 30.6 Å². The second-order valence-electron chi connectivity index (χ2n) is 6.00. The fourth-order valence-corrected chi connectivity index (χ4v) is 3.13. The van der Waals surface area contributed by atoms with Crippen LogP contribution < -0.4 is 5.32 Å². The highest BCUT2D eigenvalue weighted by Gasteiger charge is 2.34. The first kappa shape index (κ1) is 14.2. The van der Waals surface area contributed by atoms with Crippen molar-refractivity contribution in [2.45, 2.75) is 51.5 Å². The van der Waals surface area contributed by atoms with E-state index in [1.807, 2.05) is 0 Å². The van der Waals surface area contributed by atoms with Crippen molar-refractivity contribution in [3.8, 4) is 0 Å². The van der Waals surface area contributed by atoms with Gasteiger partial charge in [0.2, 0.25) is 0 Å². The molecule has 2 aliphatic rings. The smallest absolute Gasteiger partial charge is 0.326 e. The summed E-state index contributed by atoms with van der Waals surface area (Å²) >= 11 is 0. The van der Waals surface area contributed by atoms with Gasteiger partial charge in [-0.05, 0) is 37.5 Å². The summed E-state index contributed by atoms with van der Waals surface area (Å²) in [6, 6.07) is -0.838. The predicted molar refractivity (Wildman–Crippen MR) is 71.9 cm³/mol. The normalized spacial score (nSPS) is 31.2. The number of hydrogen-bond acceptors (Lipinski definition) is 2. The van der Waals surface area contributed by atoms with Gasteiger partial charge in [0.1, 0.15) is 6.04 Å². The van der Waals surface area contributed by atoms with E-state index in [0.717, 1.165) is 12.3 Å². The van der Waals surface area contributed by atoms with Crippen molar-refractivity contribution in [2.75, 3.05) is 13.1 Å². The van der Waals surface area contributed by atoms with Gasteiger partial charge in [-0.25, -0.2) is 9.59 Å². The molecular formula is C14H24N2O3. The number of hydrogen-bond donors (Lipinski definition) is 2. The number of aliphatic carboxylic acids is 1. The highest BCUT2D eigenvalue weighted by atomic mass is 16.4. The Balaban J connectivity index is 1.76. The zero-order valence-corrected chi connectivity index (χ0v) is 11.6. The molecule has 1 aliphatic heterocycles. The minimum atomic E-state index is -0.890. The van der Waals surface area contributed by atoms with Gasteiger partial charge in [-0.15, -0.1) is 0 Å². The average Bonchev–Trinajstić information content (AvgIpc) is 2.87. The monoisotopic (exact) mass is 268 g/mol. The van der Waals surface area contributed by atoms with Crippen LogP contribution in [0.5, 0.6) is 0 Å². The van der Waals surface area contributed by atoms with Crippen molar-refractivity contribution >= 4 is 12.0 Å². The zero-order chi connectivity index (χ0) is 13.8. The summed E-state index contributed by atoms with van der Waals surface area (Å²) in [5.74, 6) is 0.479. The SMILES string of the molecule is CC1CCC(CNC(=O)N2CCC[C@H]2C(=O)O)CC1. The minimum Gasteiger partial charge on any atom is -0.480 e. The number of nitrogens with one attached hydrogen (secondary N) is 1. The molecule has 0 spiro atoms. The van der Waals surface area contributed by atoms with Gasteiger partial charge in [0.15, 0.2) is 0 Å². The summed E-state index contributed by atoms with van der Waals surface area (Å²) in [6.07, 6.45) is 6.17. The van der Waals surface area contributed by atoms with Crippen molar-refractivity contribution in [1.82, 2.24) is 10.2 Å². The first-order chi connectivity index (χ1) is 9.08. The number of urea groups is 1. The maximum absolute atomic E-state index is 12.0. The molecule has 0 bridgehead atoms. The van der Waals surface area contributed by atoms with Gasteiger partial charge in [0.25, 0.3) is 0 Å². The Morgan fingerprint density at radius 3 is 2.53 bits per heavy atom. The Bertz CT molecular complexity index is 338. The summed E-state index contributed by atoms with van der Waals surface area (Å²) in [6.45, 7) is 3.52. The van der Waals surface area contributed by atoms with E-state index in [-0.39, 0.29) is 6.03 Å². The Labute approximate surface area is 114 Å². The van der Waals surface area contributed by atoms with Crippen LogP contribution in [0.15, 0.2) is 0 Å². The third-order valence-electron chi connectivity index (χ3n) is 4.48. The van der Waals surface area contributed by atoms with E-state index in [4.69, 9.17) is 5.11 Å². The Hall–Kier alpha value is -1.26. The first-order valence-corrected chi connectivity index (χ1v) is 7.35. The highest BCUT2D eigenvalue weighted by Crippen LogP contribution is 2.27. The van der Waals surface area contributed by atoms with Gasteiger partial charge in [0.05, 0.1) is 0 Å². The number of amides is 2. The molecule has 108 valence electrons. The number of carbonyl (C=O) groups is 2. The van der Waals surface area contributed by atoms with E-state index in [1.54, 1.807) is 0 Å². The summed E-state index contributed by atoms with van der Waals surface area (Å²) < 4.78 is 0. The van der Waals surface area contributed by atoms with Crippen molar-refractivity contribution < 1.29 is 14.7 Å². The third-order valence-corrected chi connectivity index (χ3v) is 4.48. The van der Waals surface area contributed by atoms with Crippen LogP contribution in [0.3, 0.4) is 0 Å². The number of carboxylic acids is 1. The van der Waals surface area contributed by atoms with E-state index in [9.17, 15) is 9.59 Å². The second kappa shape index (κ2) is 6.26. The predicted octanol–water partition coefficient (Wildman–Crippen LogP) is 2.07.